The first-order chi connectivity index (χ1) is 12.9. The molecule has 1 unspecified atom stereocenters. The Morgan fingerprint density at radius 1 is 1.26 bits per heavy atom. The van der Waals surface area contributed by atoms with Crippen LogP contribution in [-0.2, 0) is 11.2 Å². The van der Waals surface area contributed by atoms with Gasteiger partial charge >= 0.3 is 0 Å². The van der Waals surface area contributed by atoms with Crippen molar-refractivity contribution in [2.45, 2.75) is 25.8 Å². The monoisotopic (exact) mass is 383 g/mol. The second-order valence-electron chi connectivity index (χ2n) is 6.63. The number of anilines is 2. The molecule has 8 heteroatoms. The molecule has 138 valence electrons. The fourth-order valence-corrected chi connectivity index (χ4v) is 3.44. The molecule has 1 amide bonds. The minimum absolute atomic E-state index is 0.0570. The van der Waals surface area contributed by atoms with Crippen LogP contribution in [0.3, 0.4) is 0 Å². The molecule has 1 atom stereocenters. The number of amides is 1. The molecule has 27 heavy (non-hydrogen) atoms. The van der Waals surface area contributed by atoms with E-state index in [9.17, 15) is 9.59 Å². The quantitative estimate of drug-likeness (QED) is 0.725. The van der Waals surface area contributed by atoms with Crippen molar-refractivity contribution >= 4 is 40.0 Å². The van der Waals surface area contributed by atoms with Gasteiger partial charge in [-0.05, 0) is 31.2 Å². The summed E-state index contributed by atoms with van der Waals surface area (Å²) in [7, 11) is 1.72. The first kappa shape index (κ1) is 17.5. The van der Waals surface area contributed by atoms with E-state index in [2.05, 4.69) is 20.3 Å². The number of carbonyl (C=O) groups excluding carboxylic acids is 1. The molecule has 2 aromatic heterocycles. The van der Waals surface area contributed by atoms with Crippen molar-refractivity contribution in [3.8, 4) is 0 Å². The van der Waals surface area contributed by atoms with Crippen LogP contribution in [0.1, 0.15) is 30.6 Å². The Kier molecular flexibility index (Phi) is 4.31. The maximum Gasteiger partial charge on any atom is 0.253 e. The van der Waals surface area contributed by atoms with Crippen LogP contribution in [0.4, 0.5) is 11.6 Å². The minimum Gasteiger partial charge on any atom is -0.347 e. The summed E-state index contributed by atoms with van der Waals surface area (Å²) in [6, 6.07) is 6.85. The molecule has 0 aliphatic carbocycles. The molecule has 0 fully saturated rings. The molecule has 3 heterocycles. The second kappa shape index (κ2) is 6.66. The molecule has 0 radical (unpaired) electrons. The number of benzene rings is 1. The van der Waals surface area contributed by atoms with Crippen molar-refractivity contribution in [3.63, 3.8) is 0 Å². The zero-order valence-electron chi connectivity index (χ0n) is 14.9. The maximum absolute atomic E-state index is 12.4. The van der Waals surface area contributed by atoms with Gasteiger partial charge in [0, 0.05) is 41.4 Å². The van der Waals surface area contributed by atoms with Gasteiger partial charge in [0.15, 0.2) is 0 Å². The average molecular weight is 384 g/mol. The van der Waals surface area contributed by atoms with Crippen LogP contribution >= 0.6 is 11.6 Å². The van der Waals surface area contributed by atoms with Gasteiger partial charge in [0.25, 0.3) is 5.56 Å². The zero-order valence-corrected chi connectivity index (χ0v) is 15.7. The lowest BCUT2D eigenvalue weighted by Crippen LogP contribution is -2.32. The van der Waals surface area contributed by atoms with E-state index in [0.717, 1.165) is 22.3 Å². The number of aromatic amines is 1. The van der Waals surface area contributed by atoms with Crippen molar-refractivity contribution < 1.29 is 4.79 Å². The van der Waals surface area contributed by atoms with Gasteiger partial charge in [0.1, 0.15) is 0 Å². The van der Waals surface area contributed by atoms with Crippen molar-refractivity contribution in [3.05, 3.63) is 57.1 Å². The minimum atomic E-state index is -0.307. The predicted octanol–water partition coefficient (Wildman–Crippen LogP) is 3.05. The lowest BCUT2D eigenvalue weighted by atomic mass is 10.1. The first-order valence-corrected chi connectivity index (χ1v) is 9.01. The van der Waals surface area contributed by atoms with E-state index in [-0.39, 0.29) is 17.5 Å². The number of nitrogens with zero attached hydrogens (tertiary/aromatic N) is 3. The second-order valence-corrected chi connectivity index (χ2v) is 7.07. The summed E-state index contributed by atoms with van der Waals surface area (Å²) in [5.41, 5.74) is 2.67. The molecular formula is C19H18ClN5O2. The Hall–Kier alpha value is -2.93. The van der Waals surface area contributed by atoms with Gasteiger partial charge in [-0.2, -0.15) is 0 Å². The van der Waals surface area contributed by atoms with E-state index < -0.39 is 0 Å². The molecule has 4 rings (SSSR count). The molecule has 0 saturated carbocycles. The van der Waals surface area contributed by atoms with Gasteiger partial charge in [-0.3, -0.25) is 9.59 Å². The number of aromatic nitrogens is 3. The van der Waals surface area contributed by atoms with E-state index in [1.54, 1.807) is 30.3 Å². The first-order valence-electron chi connectivity index (χ1n) is 8.64. The summed E-state index contributed by atoms with van der Waals surface area (Å²) >= 11 is 6.05. The lowest BCUT2D eigenvalue weighted by Gasteiger charge is -2.25. The number of H-pyrrole nitrogens is 1. The molecule has 1 aliphatic heterocycles. The summed E-state index contributed by atoms with van der Waals surface area (Å²) in [4.78, 5) is 37.5. The SMILES string of the molecule is CC(Nc1ncc2c(n1)CCC(=O)N2C)c1cc2cc(Cl)ccc2[nH]c1=O. The Morgan fingerprint density at radius 3 is 2.89 bits per heavy atom. The van der Waals surface area contributed by atoms with Gasteiger partial charge in [-0.1, -0.05) is 11.6 Å². The number of fused-ring (bicyclic) bond motifs is 2. The summed E-state index contributed by atoms with van der Waals surface area (Å²) < 4.78 is 0. The Morgan fingerprint density at radius 2 is 2.07 bits per heavy atom. The molecule has 1 aromatic carbocycles. The number of pyridine rings is 1. The molecule has 0 saturated heterocycles. The highest BCUT2D eigenvalue weighted by Crippen LogP contribution is 2.26. The number of halogens is 1. The predicted molar refractivity (Wildman–Crippen MR) is 105 cm³/mol. The number of rotatable bonds is 3. The standard InChI is InChI=1S/C19H18ClN5O2/c1-10(13-8-11-7-12(20)3-4-14(11)23-18(13)27)22-19-21-9-16-15(24-19)5-6-17(26)25(16)2/h3-4,7-10H,5-6H2,1-2H3,(H,23,27)(H,21,22,24). The highest BCUT2D eigenvalue weighted by Gasteiger charge is 2.23. The lowest BCUT2D eigenvalue weighted by molar-refractivity contribution is -0.118. The Bertz CT molecular complexity index is 1110. The number of nitrogens with one attached hydrogen (secondary N) is 2. The smallest absolute Gasteiger partial charge is 0.253 e. The summed E-state index contributed by atoms with van der Waals surface area (Å²) in [5.74, 6) is 0.483. The topological polar surface area (TPSA) is 91.0 Å². The van der Waals surface area contributed by atoms with E-state index in [4.69, 9.17) is 11.6 Å². The van der Waals surface area contributed by atoms with Crippen molar-refractivity contribution in [1.29, 1.82) is 0 Å². The van der Waals surface area contributed by atoms with E-state index in [1.165, 1.54) is 0 Å². The average Bonchev–Trinajstić information content (AvgIpc) is 2.64. The van der Waals surface area contributed by atoms with Gasteiger partial charge in [-0.25, -0.2) is 9.97 Å². The van der Waals surface area contributed by atoms with Crippen LogP contribution in [0.2, 0.25) is 5.02 Å². The van der Waals surface area contributed by atoms with E-state index in [0.29, 0.717) is 29.4 Å². The normalized spacial score (nSPS) is 14.9. The van der Waals surface area contributed by atoms with Gasteiger partial charge < -0.3 is 15.2 Å². The Balaban J connectivity index is 1.64. The van der Waals surface area contributed by atoms with Crippen LogP contribution in [0.5, 0.6) is 0 Å². The highest BCUT2D eigenvalue weighted by molar-refractivity contribution is 6.31. The number of aryl methyl sites for hydroxylation is 1. The molecule has 0 bridgehead atoms. The zero-order chi connectivity index (χ0) is 19.1. The number of hydrogen-bond donors (Lipinski definition) is 2. The highest BCUT2D eigenvalue weighted by atomic mass is 35.5. The Labute approximate surface area is 160 Å². The summed E-state index contributed by atoms with van der Waals surface area (Å²) in [6.45, 7) is 1.87. The van der Waals surface area contributed by atoms with Gasteiger partial charge in [-0.15, -0.1) is 0 Å². The molecule has 3 aromatic rings. The summed E-state index contributed by atoms with van der Waals surface area (Å²) in [5, 5.41) is 4.64. The molecule has 2 N–H and O–H groups in total. The summed E-state index contributed by atoms with van der Waals surface area (Å²) in [6.07, 6.45) is 2.65. The molecule has 0 spiro atoms. The number of carbonyl (C=O) groups is 1. The third kappa shape index (κ3) is 3.26. The van der Waals surface area contributed by atoms with Crippen LogP contribution < -0.4 is 15.8 Å². The molecular weight excluding hydrogens is 366 g/mol. The maximum atomic E-state index is 12.4. The third-order valence-electron chi connectivity index (χ3n) is 4.80. The largest absolute Gasteiger partial charge is 0.347 e. The van der Waals surface area contributed by atoms with Crippen molar-refractivity contribution in [2.24, 2.45) is 0 Å². The van der Waals surface area contributed by atoms with Gasteiger partial charge in [0.05, 0.1) is 23.6 Å². The molecule has 1 aliphatic rings. The van der Waals surface area contributed by atoms with Crippen molar-refractivity contribution in [1.82, 2.24) is 15.0 Å². The number of hydrogen-bond acceptors (Lipinski definition) is 5. The van der Waals surface area contributed by atoms with Crippen LogP contribution in [0.15, 0.2) is 35.3 Å². The van der Waals surface area contributed by atoms with Crippen LogP contribution in [0.25, 0.3) is 10.9 Å². The van der Waals surface area contributed by atoms with Crippen molar-refractivity contribution in [2.75, 3.05) is 17.3 Å². The van der Waals surface area contributed by atoms with E-state index >= 15 is 0 Å². The molecule has 7 nitrogen and oxygen atoms in total. The fraction of sp³-hybridized carbons (Fsp3) is 0.263. The fourth-order valence-electron chi connectivity index (χ4n) is 3.26. The van der Waals surface area contributed by atoms with Gasteiger partial charge in [0.2, 0.25) is 11.9 Å². The van der Waals surface area contributed by atoms with Crippen LogP contribution in [-0.4, -0.2) is 27.9 Å². The van der Waals surface area contributed by atoms with E-state index in [1.807, 2.05) is 19.1 Å². The third-order valence-corrected chi connectivity index (χ3v) is 5.04. The van der Waals surface area contributed by atoms with Crippen LogP contribution in [0, 0.1) is 0 Å².